The van der Waals surface area contributed by atoms with Crippen molar-refractivity contribution in [2.45, 2.75) is 33.4 Å². The number of esters is 1. The van der Waals surface area contributed by atoms with Gasteiger partial charge in [0.2, 0.25) is 5.78 Å². The first kappa shape index (κ1) is 20.2. The molecule has 7 heteroatoms. The Balaban J connectivity index is 1.42. The van der Waals surface area contributed by atoms with Crippen LogP contribution in [0.4, 0.5) is 0 Å². The Kier molecular flexibility index (Phi) is 5.63. The quantitative estimate of drug-likeness (QED) is 0.434. The predicted octanol–water partition coefficient (Wildman–Crippen LogP) is 4.35. The van der Waals surface area contributed by atoms with Gasteiger partial charge in [-0.25, -0.2) is 4.79 Å². The van der Waals surface area contributed by atoms with Crippen molar-refractivity contribution in [2.75, 3.05) is 13.2 Å². The molecule has 0 aliphatic carbocycles. The molecule has 0 radical (unpaired) electrons. The van der Waals surface area contributed by atoms with Crippen LogP contribution in [0.15, 0.2) is 42.5 Å². The average molecular weight is 426 g/mol. The molecule has 156 valence electrons. The zero-order valence-electron chi connectivity index (χ0n) is 17.1. The van der Waals surface area contributed by atoms with Gasteiger partial charge in [0.1, 0.15) is 11.5 Å². The summed E-state index contributed by atoms with van der Waals surface area (Å²) in [5, 5.41) is 0. The Morgan fingerprint density at radius 2 is 1.90 bits per heavy atom. The lowest BCUT2D eigenvalue weighted by molar-refractivity contribution is 0.0479. The summed E-state index contributed by atoms with van der Waals surface area (Å²) in [7, 11) is 0. The summed E-state index contributed by atoms with van der Waals surface area (Å²) in [5.74, 6) is 0.778. The van der Waals surface area contributed by atoms with E-state index in [-0.39, 0.29) is 18.5 Å². The number of Topliss-reactive ketones (excluding diaryl/α,β-unsaturated/α-hetero) is 1. The molecule has 1 atom stereocenters. The number of hydrogen-bond acceptors (Lipinski definition) is 6. The molecule has 3 aromatic rings. The van der Waals surface area contributed by atoms with Crippen molar-refractivity contribution in [3.63, 3.8) is 0 Å². The van der Waals surface area contributed by atoms with Gasteiger partial charge in [-0.1, -0.05) is 12.1 Å². The van der Waals surface area contributed by atoms with Crippen LogP contribution in [-0.4, -0.2) is 35.6 Å². The van der Waals surface area contributed by atoms with E-state index in [1.54, 1.807) is 6.07 Å². The molecule has 0 bridgehead atoms. The highest BCUT2D eigenvalue weighted by molar-refractivity contribution is 7.13. The molecule has 1 aliphatic rings. The molecule has 3 heterocycles. The Hall–Kier alpha value is -3.06. The highest BCUT2D eigenvalue weighted by atomic mass is 32.1. The lowest BCUT2D eigenvalue weighted by Crippen LogP contribution is -2.33. The molecule has 1 aromatic carbocycles. The summed E-state index contributed by atoms with van der Waals surface area (Å²) in [6.45, 7) is 6.48. The van der Waals surface area contributed by atoms with Crippen molar-refractivity contribution in [1.82, 2.24) is 4.57 Å². The molecule has 4 rings (SSSR count). The van der Waals surface area contributed by atoms with Gasteiger partial charge in [-0.15, -0.1) is 11.3 Å². The number of aromatic nitrogens is 1. The fourth-order valence-electron chi connectivity index (χ4n) is 3.55. The van der Waals surface area contributed by atoms with Crippen molar-refractivity contribution in [1.29, 1.82) is 0 Å². The number of nitrogens with zero attached hydrogens (tertiary/aromatic N) is 1. The first-order chi connectivity index (χ1) is 14.4. The summed E-state index contributed by atoms with van der Waals surface area (Å²) >= 11 is 1.35. The molecule has 0 saturated heterocycles. The van der Waals surface area contributed by atoms with Gasteiger partial charge in [0, 0.05) is 21.8 Å². The average Bonchev–Trinajstić information content (AvgIpc) is 3.30. The Bertz CT molecular complexity index is 1100. The minimum Gasteiger partial charge on any atom is -0.486 e. The second-order valence-electron chi connectivity index (χ2n) is 7.30. The number of benzene rings is 1. The van der Waals surface area contributed by atoms with Gasteiger partial charge in [-0.05, 0) is 51.1 Å². The van der Waals surface area contributed by atoms with Crippen molar-refractivity contribution in [3.05, 3.63) is 69.2 Å². The minimum atomic E-state index is -0.471. The number of ether oxygens (including phenoxy) is 3. The Morgan fingerprint density at radius 1 is 1.13 bits per heavy atom. The van der Waals surface area contributed by atoms with E-state index in [0.29, 0.717) is 23.6 Å². The summed E-state index contributed by atoms with van der Waals surface area (Å²) in [5.41, 5.74) is 2.32. The highest BCUT2D eigenvalue weighted by Gasteiger charge is 2.24. The lowest BCUT2D eigenvalue weighted by Gasteiger charge is -2.27. The van der Waals surface area contributed by atoms with E-state index >= 15 is 0 Å². The molecule has 0 spiro atoms. The van der Waals surface area contributed by atoms with Crippen LogP contribution in [0.2, 0.25) is 0 Å². The number of rotatable bonds is 6. The molecule has 0 unspecified atom stereocenters. The maximum Gasteiger partial charge on any atom is 0.348 e. The first-order valence-corrected chi connectivity index (χ1v) is 10.6. The number of ketones is 1. The third-order valence-corrected chi connectivity index (χ3v) is 6.08. The molecular weight excluding hydrogens is 402 g/mol. The molecule has 2 aromatic heterocycles. The van der Waals surface area contributed by atoms with Gasteiger partial charge in [0.05, 0.1) is 6.54 Å². The van der Waals surface area contributed by atoms with Crippen LogP contribution in [0.3, 0.4) is 0 Å². The van der Waals surface area contributed by atoms with Gasteiger partial charge < -0.3 is 18.8 Å². The monoisotopic (exact) mass is 425 g/mol. The van der Waals surface area contributed by atoms with E-state index < -0.39 is 5.97 Å². The standard InChI is InChI=1S/C23H23NO5S/c1-14-10-18(19(25)13-28-23(26)22-9-8-15(2)30-22)16(3)24(14)11-17-12-27-20-6-4-5-7-21(20)29-17/h4-10,17H,11-13H2,1-3H3/t17-/m1/s1. The van der Waals surface area contributed by atoms with Crippen LogP contribution >= 0.6 is 11.3 Å². The molecule has 0 saturated carbocycles. The summed E-state index contributed by atoms with van der Waals surface area (Å²) in [4.78, 5) is 26.3. The second kappa shape index (κ2) is 8.36. The molecule has 0 N–H and O–H groups in total. The maximum absolute atomic E-state index is 12.7. The zero-order chi connectivity index (χ0) is 21.3. The zero-order valence-corrected chi connectivity index (χ0v) is 18.0. The predicted molar refractivity (Wildman–Crippen MR) is 114 cm³/mol. The van der Waals surface area contributed by atoms with E-state index in [9.17, 15) is 9.59 Å². The lowest BCUT2D eigenvalue weighted by atomic mass is 10.1. The van der Waals surface area contributed by atoms with Crippen molar-refractivity contribution < 1.29 is 23.8 Å². The van der Waals surface area contributed by atoms with Crippen LogP contribution in [-0.2, 0) is 11.3 Å². The van der Waals surface area contributed by atoms with Gasteiger partial charge in [0.15, 0.2) is 24.2 Å². The minimum absolute atomic E-state index is 0.160. The molecular formula is C23H23NO5S. The summed E-state index contributed by atoms with van der Waals surface area (Å²) in [6.07, 6.45) is -0.160. The Labute approximate surface area is 179 Å². The molecule has 1 aliphatic heterocycles. The number of carbonyl (C=O) groups is 2. The van der Waals surface area contributed by atoms with Gasteiger partial charge in [-0.2, -0.15) is 0 Å². The van der Waals surface area contributed by atoms with Gasteiger partial charge >= 0.3 is 5.97 Å². The van der Waals surface area contributed by atoms with Crippen LogP contribution in [0.25, 0.3) is 0 Å². The fraction of sp³-hybridized carbons (Fsp3) is 0.304. The largest absolute Gasteiger partial charge is 0.486 e. The van der Waals surface area contributed by atoms with Gasteiger partial charge in [0.25, 0.3) is 0 Å². The van der Waals surface area contributed by atoms with Gasteiger partial charge in [-0.3, -0.25) is 4.79 Å². The van der Waals surface area contributed by atoms with E-state index in [0.717, 1.165) is 27.8 Å². The number of carbonyl (C=O) groups excluding carboxylic acids is 2. The van der Waals surface area contributed by atoms with Crippen LogP contribution < -0.4 is 9.47 Å². The number of aryl methyl sites for hydroxylation is 2. The number of hydrogen-bond donors (Lipinski definition) is 0. The van der Waals surface area contributed by atoms with Crippen LogP contribution in [0.5, 0.6) is 11.5 Å². The molecule has 6 nitrogen and oxygen atoms in total. The van der Waals surface area contributed by atoms with Crippen LogP contribution in [0.1, 0.15) is 36.3 Å². The molecule has 0 fully saturated rings. The number of fused-ring (bicyclic) bond motifs is 1. The molecule has 30 heavy (non-hydrogen) atoms. The Morgan fingerprint density at radius 3 is 2.63 bits per heavy atom. The van der Waals surface area contributed by atoms with E-state index in [4.69, 9.17) is 14.2 Å². The van der Waals surface area contributed by atoms with E-state index in [1.807, 2.05) is 61.7 Å². The third kappa shape index (κ3) is 4.11. The van der Waals surface area contributed by atoms with Crippen molar-refractivity contribution in [3.8, 4) is 11.5 Å². The molecule has 0 amide bonds. The van der Waals surface area contributed by atoms with Crippen LogP contribution in [0, 0.1) is 20.8 Å². The summed E-state index contributed by atoms with van der Waals surface area (Å²) < 4.78 is 19.1. The number of para-hydroxylation sites is 2. The van der Waals surface area contributed by atoms with E-state index in [1.165, 1.54) is 11.3 Å². The van der Waals surface area contributed by atoms with Crippen molar-refractivity contribution >= 4 is 23.1 Å². The number of thiophene rings is 1. The summed E-state index contributed by atoms with van der Waals surface area (Å²) in [6, 6.07) is 13.0. The normalized spacial score (nSPS) is 15.1. The fourth-order valence-corrected chi connectivity index (χ4v) is 4.31. The maximum atomic E-state index is 12.7. The third-order valence-electron chi connectivity index (χ3n) is 5.10. The highest BCUT2D eigenvalue weighted by Crippen LogP contribution is 2.31. The second-order valence-corrected chi connectivity index (χ2v) is 8.59. The topological polar surface area (TPSA) is 66.8 Å². The van der Waals surface area contributed by atoms with Crippen molar-refractivity contribution in [2.24, 2.45) is 0 Å². The van der Waals surface area contributed by atoms with E-state index in [2.05, 4.69) is 0 Å². The first-order valence-electron chi connectivity index (χ1n) is 9.74. The smallest absolute Gasteiger partial charge is 0.348 e. The SMILES string of the molecule is Cc1ccc(C(=O)OCC(=O)c2cc(C)n(C[C@@H]3COc4ccccc4O3)c2C)s1.